The van der Waals surface area contributed by atoms with Crippen molar-refractivity contribution in [1.29, 1.82) is 0 Å². The van der Waals surface area contributed by atoms with E-state index in [9.17, 15) is 9.18 Å². The van der Waals surface area contributed by atoms with Gasteiger partial charge in [-0.25, -0.2) is 9.18 Å². The number of esters is 1. The maximum atomic E-state index is 14.0. The third-order valence-corrected chi connectivity index (χ3v) is 6.44. The van der Waals surface area contributed by atoms with Crippen LogP contribution in [0.1, 0.15) is 29.9 Å². The summed E-state index contributed by atoms with van der Waals surface area (Å²) >= 11 is 15.2. The number of alkyl halides is 1. The zero-order valence-corrected chi connectivity index (χ0v) is 18.3. The molecule has 0 saturated heterocycles. The molecular weight excluding hydrogens is 471 g/mol. The summed E-state index contributed by atoms with van der Waals surface area (Å²) in [7, 11) is 0. The molecule has 0 radical (unpaired) electrons. The lowest BCUT2D eigenvalue weighted by Crippen LogP contribution is -2.25. The van der Waals surface area contributed by atoms with Crippen LogP contribution in [-0.4, -0.2) is 38.1 Å². The normalized spacial score (nSPS) is 17.1. The average Bonchev–Trinajstić information content (AvgIpc) is 3.30. The van der Waals surface area contributed by atoms with Gasteiger partial charge in [-0.1, -0.05) is 11.6 Å². The molecule has 0 fully saturated rings. The molecule has 10 heteroatoms. The number of aromatic nitrogens is 4. The van der Waals surface area contributed by atoms with Crippen LogP contribution in [0.15, 0.2) is 16.7 Å². The van der Waals surface area contributed by atoms with Crippen LogP contribution in [0.25, 0.3) is 10.9 Å². The van der Waals surface area contributed by atoms with E-state index < -0.39 is 18.2 Å². The number of aryl methyl sites for hydroxylation is 1. The quantitative estimate of drug-likeness (QED) is 0.429. The van der Waals surface area contributed by atoms with Gasteiger partial charge in [-0.05, 0) is 53.6 Å². The highest BCUT2D eigenvalue weighted by atomic mass is 79.9. The van der Waals surface area contributed by atoms with Crippen molar-refractivity contribution in [3.05, 3.63) is 43.5 Å². The Morgan fingerprint density at radius 1 is 1.61 bits per heavy atom. The summed E-state index contributed by atoms with van der Waals surface area (Å²) < 4.78 is 23.6. The number of carbonyl (C=O) groups excluding carboxylic acids is 1. The Labute approximate surface area is 178 Å². The van der Waals surface area contributed by atoms with E-state index in [0.717, 1.165) is 15.4 Å². The standard InChI is InChI=1S/C18H17BrClFN4O2S/c1-3-27-17(26)16(15-12-5-9(21)6-24(12)18(28)22-15)25-7-10-8(2)4-11(19)13(20)14(10)23-25/h4,7,9,16H,3,5-6H2,1-2H3,(H,22,28). The Kier molecular flexibility index (Phi) is 5.09. The van der Waals surface area contributed by atoms with Gasteiger partial charge in [0.2, 0.25) is 0 Å². The molecule has 148 valence electrons. The van der Waals surface area contributed by atoms with Crippen molar-refractivity contribution < 1.29 is 13.9 Å². The van der Waals surface area contributed by atoms with Crippen LogP contribution in [0.3, 0.4) is 0 Å². The second-order valence-corrected chi connectivity index (χ2v) is 8.34. The first-order chi connectivity index (χ1) is 13.3. The molecule has 1 aliphatic rings. The van der Waals surface area contributed by atoms with E-state index in [1.807, 2.05) is 13.0 Å². The Balaban J connectivity index is 1.92. The van der Waals surface area contributed by atoms with Crippen molar-refractivity contribution in [2.24, 2.45) is 0 Å². The first-order valence-corrected chi connectivity index (χ1v) is 10.4. The molecule has 2 unspecified atom stereocenters. The number of carbonyl (C=O) groups is 1. The Hall–Kier alpha value is -1.71. The highest BCUT2D eigenvalue weighted by Gasteiger charge is 2.35. The van der Waals surface area contributed by atoms with Gasteiger partial charge in [0.15, 0.2) is 10.8 Å². The Morgan fingerprint density at radius 3 is 3.07 bits per heavy atom. The molecule has 0 spiro atoms. The second kappa shape index (κ2) is 7.27. The smallest absolute Gasteiger partial charge is 0.337 e. The fraction of sp³-hybridized carbons (Fsp3) is 0.389. The largest absolute Gasteiger partial charge is 0.464 e. The van der Waals surface area contributed by atoms with Crippen LogP contribution in [-0.2, 0) is 22.5 Å². The number of nitrogens with zero attached hydrogens (tertiary/aromatic N) is 3. The molecule has 3 aromatic rings. The van der Waals surface area contributed by atoms with Crippen molar-refractivity contribution >= 4 is 56.6 Å². The van der Waals surface area contributed by atoms with Crippen molar-refractivity contribution in [3.8, 4) is 0 Å². The van der Waals surface area contributed by atoms with Crippen LogP contribution >= 0.6 is 39.7 Å². The Morgan fingerprint density at radius 2 is 2.36 bits per heavy atom. The van der Waals surface area contributed by atoms with Crippen molar-refractivity contribution in [1.82, 2.24) is 19.3 Å². The van der Waals surface area contributed by atoms with Gasteiger partial charge >= 0.3 is 5.97 Å². The molecule has 2 atom stereocenters. The fourth-order valence-electron chi connectivity index (χ4n) is 3.63. The maximum absolute atomic E-state index is 14.0. The van der Waals surface area contributed by atoms with Gasteiger partial charge in [-0.2, -0.15) is 5.10 Å². The number of fused-ring (bicyclic) bond motifs is 2. The van der Waals surface area contributed by atoms with Crippen LogP contribution in [0.4, 0.5) is 4.39 Å². The van der Waals surface area contributed by atoms with E-state index in [0.29, 0.717) is 26.7 Å². The minimum atomic E-state index is -1.03. The van der Waals surface area contributed by atoms with Crippen molar-refractivity contribution in [2.75, 3.05) is 6.61 Å². The van der Waals surface area contributed by atoms with Gasteiger partial charge in [0, 0.05) is 28.2 Å². The number of aromatic amines is 1. The van der Waals surface area contributed by atoms with E-state index in [4.69, 9.17) is 28.6 Å². The van der Waals surface area contributed by atoms with Gasteiger partial charge in [0.25, 0.3) is 0 Å². The first-order valence-electron chi connectivity index (χ1n) is 8.77. The minimum absolute atomic E-state index is 0.180. The lowest BCUT2D eigenvalue weighted by atomic mass is 10.1. The van der Waals surface area contributed by atoms with Gasteiger partial charge in [0.1, 0.15) is 11.7 Å². The van der Waals surface area contributed by atoms with Crippen LogP contribution < -0.4 is 0 Å². The molecule has 3 heterocycles. The molecule has 6 nitrogen and oxygen atoms in total. The van der Waals surface area contributed by atoms with Crippen LogP contribution in [0.2, 0.25) is 5.02 Å². The SMILES string of the molecule is CCOC(=O)C(c1[nH]c(=S)n2c1CC(F)C2)n1cc2c(C)cc(Br)c(Cl)c2n1. The summed E-state index contributed by atoms with van der Waals surface area (Å²) in [6.07, 6.45) is 0.912. The predicted molar refractivity (Wildman–Crippen MR) is 110 cm³/mol. The summed E-state index contributed by atoms with van der Waals surface area (Å²) in [5, 5.41) is 5.84. The van der Waals surface area contributed by atoms with E-state index in [-0.39, 0.29) is 19.6 Å². The molecule has 1 N–H and O–H groups in total. The first kappa shape index (κ1) is 19.6. The third-order valence-electron chi connectivity index (χ3n) is 4.88. The minimum Gasteiger partial charge on any atom is -0.464 e. The molecule has 0 aliphatic carbocycles. The molecule has 4 rings (SSSR count). The van der Waals surface area contributed by atoms with Gasteiger partial charge in [-0.15, -0.1) is 0 Å². The summed E-state index contributed by atoms with van der Waals surface area (Å²) in [5.74, 6) is -0.495. The number of hydrogen-bond acceptors (Lipinski definition) is 4. The number of nitrogens with one attached hydrogen (secondary N) is 1. The number of ether oxygens (including phenoxy) is 1. The molecular formula is C18H17BrClFN4O2S. The lowest BCUT2D eigenvalue weighted by molar-refractivity contribution is -0.146. The van der Waals surface area contributed by atoms with Gasteiger partial charge in [-0.3, -0.25) is 4.68 Å². The number of benzene rings is 1. The molecule has 0 bridgehead atoms. The maximum Gasteiger partial charge on any atom is 0.337 e. The molecule has 28 heavy (non-hydrogen) atoms. The molecule has 0 saturated carbocycles. The van der Waals surface area contributed by atoms with Gasteiger partial charge < -0.3 is 14.3 Å². The average molecular weight is 488 g/mol. The fourth-order valence-corrected chi connectivity index (χ4v) is 4.65. The van der Waals surface area contributed by atoms with Gasteiger partial charge in [0.05, 0.1) is 23.9 Å². The summed E-state index contributed by atoms with van der Waals surface area (Å²) in [4.78, 5) is 15.9. The number of imidazole rings is 1. The third kappa shape index (κ3) is 3.09. The van der Waals surface area contributed by atoms with Crippen LogP contribution in [0.5, 0.6) is 0 Å². The second-order valence-electron chi connectivity index (χ2n) is 6.72. The van der Waals surface area contributed by atoms with Crippen molar-refractivity contribution in [3.63, 3.8) is 0 Å². The van der Waals surface area contributed by atoms with E-state index >= 15 is 0 Å². The lowest BCUT2D eigenvalue weighted by Gasteiger charge is -2.16. The van der Waals surface area contributed by atoms with Crippen LogP contribution in [0, 0.1) is 11.7 Å². The summed E-state index contributed by atoms with van der Waals surface area (Å²) in [6, 6.07) is 0.984. The predicted octanol–water partition coefficient (Wildman–Crippen LogP) is 4.67. The summed E-state index contributed by atoms with van der Waals surface area (Å²) in [6.45, 7) is 4.06. The number of H-pyrrole nitrogens is 1. The van der Waals surface area contributed by atoms with E-state index in [1.54, 1.807) is 17.7 Å². The Bertz CT molecular complexity index is 1150. The molecule has 1 aliphatic heterocycles. The number of halogens is 3. The number of hydrogen-bond donors (Lipinski definition) is 1. The molecule has 1 aromatic carbocycles. The zero-order chi connectivity index (χ0) is 20.2. The topological polar surface area (TPSA) is 64.8 Å². The monoisotopic (exact) mass is 486 g/mol. The molecule has 0 amide bonds. The van der Waals surface area contributed by atoms with E-state index in [2.05, 4.69) is 26.0 Å². The highest BCUT2D eigenvalue weighted by molar-refractivity contribution is 9.10. The highest BCUT2D eigenvalue weighted by Crippen LogP contribution is 2.35. The number of rotatable bonds is 4. The van der Waals surface area contributed by atoms with E-state index in [1.165, 1.54) is 4.68 Å². The molecule has 2 aromatic heterocycles. The summed E-state index contributed by atoms with van der Waals surface area (Å²) in [5.41, 5.74) is 2.70. The zero-order valence-electron chi connectivity index (χ0n) is 15.1. The van der Waals surface area contributed by atoms with Crippen molar-refractivity contribution in [2.45, 2.75) is 39.0 Å².